The summed E-state index contributed by atoms with van der Waals surface area (Å²) in [6.07, 6.45) is 0.717. The van der Waals surface area contributed by atoms with Crippen LogP contribution in [0.25, 0.3) is 0 Å². The lowest BCUT2D eigenvalue weighted by Crippen LogP contribution is -2.26. The van der Waals surface area contributed by atoms with E-state index in [4.69, 9.17) is 5.11 Å². The van der Waals surface area contributed by atoms with Crippen LogP contribution in [0.4, 0.5) is 4.39 Å². The zero-order chi connectivity index (χ0) is 11.3. The maximum Gasteiger partial charge on any atom is 0.126 e. The largest absolute Gasteiger partial charge is 0.396 e. The van der Waals surface area contributed by atoms with Gasteiger partial charge in [-0.25, -0.2) is 4.39 Å². The van der Waals surface area contributed by atoms with Crippen molar-refractivity contribution in [3.63, 3.8) is 0 Å². The van der Waals surface area contributed by atoms with Crippen LogP contribution in [0.1, 0.15) is 24.5 Å². The van der Waals surface area contributed by atoms with E-state index in [2.05, 4.69) is 5.32 Å². The number of halogens is 1. The van der Waals surface area contributed by atoms with Crippen LogP contribution in [0.2, 0.25) is 0 Å². The van der Waals surface area contributed by atoms with Crippen LogP contribution in [0, 0.1) is 12.7 Å². The second kappa shape index (κ2) is 5.83. The molecule has 0 aromatic heterocycles. The van der Waals surface area contributed by atoms with E-state index in [1.807, 2.05) is 13.0 Å². The van der Waals surface area contributed by atoms with Crippen molar-refractivity contribution >= 4 is 0 Å². The average molecular weight is 211 g/mol. The average Bonchev–Trinajstić information content (AvgIpc) is 2.20. The third-order valence-electron chi connectivity index (χ3n) is 2.45. The van der Waals surface area contributed by atoms with Crippen molar-refractivity contribution in [3.8, 4) is 0 Å². The summed E-state index contributed by atoms with van der Waals surface area (Å²) < 4.78 is 13.2. The standard InChI is InChI=1S/C12H18FNO/c1-9-3-4-11(7-12(9)13)8-14-10(2)5-6-15/h3-4,7,10,14-15H,5-6,8H2,1-2H3. The van der Waals surface area contributed by atoms with Gasteiger partial charge in [-0.2, -0.15) is 0 Å². The first-order valence-corrected chi connectivity index (χ1v) is 5.22. The molecule has 0 saturated carbocycles. The molecule has 1 aromatic carbocycles. The molecule has 1 unspecified atom stereocenters. The zero-order valence-corrected chi connectivity index (χ0v) is 9.26. The molecular weight excluding hydrogens is 193 g/mol. The third kappa shape index (κ3) is 3.98. The molecule has 1 atom stereocenters. The maximum absolute atomic E-state index is 13.2. The van der Waals surface area contributed by atoms with E-state index in [9.17, 15) is 4.39 Å². The highest BCUT2D eigenvalue weighted by Crippen LogP contribution is 2.09. The topological polar surface area (TPSA) is 32.3 Å². The van der Waals surface area contributed by atoms with Gasteiger partial charge in [0.1, 0.15) is 5.82 Å². The molecule has 1 aromatic rings. The van der Waals surface area contributed by atoms with E-state index >= 15 is 0 Å². The summed E-state index contributed by atoms with van der Waals surface area (Å²) in [5.41, 5.74) is 1.60. The summed E-state index contributed by atoms with van der Waals surface area (Å²) in [4.78, 5) is 0. The highest BCUT2D eigenvalue weighted by molar-refractivity contribution is 5.23. The third-order valence-corrected chi connectivity index (χ3v) is 2.45. The van der Waals surface area contributed by atoms with Crippen molar-refractivity contribution in [1.29, 1.82) is 0 Å². The second-order valence-corrected chi connectivity index (χ2v) is 3.88. The molecular formula is C12H18FNO. The normalized spacial score (nSPS) is 12.8. The van der Waals surface area contributed by atoms with Crippen LogP contribution in [-0.4, -0.2) is 17.8 Å². The molecule has 0 amide bonds. The first-order valence-electron chi connectivity index (χ1n) is 5.22. The Morgan fingerprint density at radius 2 is 2.20 bits per heavy atom. The highest BCUT2D eigenvalue weighted by Gasteiger charge is 2.02. The molecule has 0 aliphatic heterocycles. The van der Waals surface area contributed by atoms with Crippen molar-refractivity contribution in [2.45, 2.75) is 32.9 Å². The van der Waals surface area contributed by atoms with E-state index < -0.39 is 0 Å². The van der Waals surface area contributed by atoms with E-state index in [-0.39, 0.29) is 18.5 Å². The molecule has 0 saturated heterocycles. The first-order chi connectivity index (χ1) is 7.13. The van der Waals surface area contributed by atoms with Gasteiger partial charge in [0.25, 0.3) is 0 Å². The van der Waals surface area contributed by atoms with Crippen LogP contribution < -0.4 is 5.32 Å². The summed E-state index contributed by atoms with van der Waals surface area (Å²) in [5.74, 6) is -0.163. The Bertz CT molecular complexity index is 314. The van der Waals surface area contributed by atoms with E-state index in [1.54, 1.807) is 19.1 Å². The van der Waals surface area contributed by atoms with Crippen molar-refractivity contribution in [2.24, 2.45) is 0 Å². The fraction of sp³-hybridized carbons (Fsp3) is 0.500. The molecule has 0 fully saturated rings. The second-order valence-electron chi connectivity index (χ2n) is 3.88. The molecule has 0 aliphatic rings. The van der Waals surface area contributed by atoms with Crippen molar-refractivity contribution in [3.05, 3.63) is 35.1 Å². The summed E-state index contributed by atoms with van der Waals surface area (Å²) in [5, 5.41) is 11.9. The Hall–Kier alpha value is -0.930. The monoisotopic (exact) mass is 211 g/mol. The lowest BCUT2D eigenvalue weighted by Gasteiger charge is -2.12. The SMILES string of the molecule is Cc1ccc(CNC(C)CCO)cc1F. The van der Waals surface area contributed by atoms with Crippen molar-refractivity contribution in [2.75, 3.05) is 6.61 Å². The minimum atomic E-state index is -0.163. The molecule has 3 heteroatoms. The Balaban J connectivity index is 2.47. The van der Waals surface area contributed by atoms with Crippen LogP contribution in [0.5, 0.6) is 0 Å². The summed E-state index contributed by atoms with van der Waals surface area (Å²) in [6.45, 7) is 4.57. The van der Waals surface area contributed by atoms with Crippen LogP contribution in [0.3, 0.4) is 0 Å². The van der Waals surface area contributed by atoms with Gasteiger partial charge in [-0.05, 0) is 37.5 Å². The van der Waals surface area contributed by atoms with E-state index in [0.29, 0.717) is 18.5 Å². The van der Waals surface area contributed by atoms with Gasteiger partial charge in [0.05, 0.1) is 0 Å². The van der Waals surface area contributed by atoms with Gasteiger partial charge < -0.3 is 10.4 Å². The van der Waals surface area contributed by atoms with Crippen molar-refractivity contribution in [1.82, 2.24) is 5.32 Å². The first kappa shape index (κ1) is 12.1. The Morgan fingerprint density at radius 3 is 2.80 bits per heavy atom. The molecule has 0 bridgehead atoms. The Labute approximate surface area is 90.1 Å². The van der Waals surface area contributed by atoms with Crippen molar-refractivity contribution < 1.29 is 9.50 Å². The number of rotatable bonds is 5. The number of hydrogen-bond donors (Lipinski definition) is 2. The zero-order valence-electron chi connectivity index (χ0n) is 9.26. The van der Waals surface area contributed by atoms with Gasteiger partial charge in [-0.3, -0.25) is 0 Å². The van der Waals surface area contributed by atoms with Crippen LogP contribution in [0.15, 0.2) is 18.2 Å². The molecule has 84 valence electrons. The number of aryl methyl sites for hydroxylation is 1. The highest BCUT2D eigenvalue weighted by atomic mass is 19.1. The molecule has 0 aliphatic carbocycles. The summed E-state index contributed by atoms with van der Waals surface area (Å²) >= 11 is 0. The Morgan fingerprint density at radius 1 is 1.47 bits per heavy atom. The van der Waals surface area contributed by atoms with Gasteiger partial charge in [-0.1, -0.05) is 12.1 Å². The Kier molecular flexibility index (Phi) is 4.72. The molecule has 15 heavy (non-hydrogen) atoms. The van der Waals surface area contributed by atoms with Gasteiger partial charge >= 0.3 is 0 Å². The molecule has 0 heterocycles. The number of aliphatic hydroxyl groups excluding tert-OH is 1. The number of nitrogens with one attached hydrogen (secondary N) is 1. The number of benzene rings is 1. The predicted octanol–water partition coefficient (Wildman–Crippen LogP) is 1.99. The lowest BCUT2D eigenvalue weighted by atomic mass is 10.1. The van der Waals surface area contributed by atoms with E-state index in [1.165, 1.54) is 0 Å². The van der Waals surface area contributed by atoms with E-state index in [0.717, 1.165) is 5.56 Å². The quantitative estimate of drug-likeness (QED) is 0.780. The summed E-state index contributed by atoms with van der Waals surface area (Å²) in [6, 6.07) is 5.49. The minimum Gasteiger partial charge on any atom is -0.396 e. The number of aliphatic hydroxyl groups is 1. The van der Waals surface area contributed by atoms with Gasteiger partial charge in [-0.15, -0.1) is 0 Å². The lowest BCUT2D eigenvalue weighted by molar-refractivity contribution is 0.268. The number of hydrogen-bond acceptors (Lipinski definition) is 2. The van der Waals surface area contributed by atoms with Gasteiger partial charge in [0.15, 0.2) is 0 Å². The molecule has 0 spiro atoms. The fourth-order valence-corrected chi connectivity index (χ4v) is 1.33. The predicted molar refractivity (Wildman–Crippen MR) is 59.1 cm³/mol. The fourth-order valence-electron chi connectivity index (χ4n) is 1.33. The van der Waals surface area contributed by atoms with Gasteiger partial charge in [0.2, 0.25) is 0 Å². The molecule has 1 rings (SSSR count). The van der Waals surface area contributed by atoms with Gasteiger partial charge in [0, 0.05) is 19.2 Å². The summed E-state index contributed by atoms with van der Waals surface area (Å²) in [7, 11) is 0. The molecule has 2 N–H and O–H groups in total. The van der Waals surface area contributed by atoms with Crippen LogP contribution >= 0.6 is 0 Å². The molecule has 0 radical (unpaired) electrons. The molecule has 2 nitrogen and oxygen atoms in total. The minimum absolute atomic E-state index is 0.163. The maximum atomic E-state index is 13.2. The smallest absolute Gasteiger partial charge is 0.126 e. The van der Waals surface area contributed by atoms with Crippen LogP contribution in [-0.2, 0) is 6.54 Å².